The van der Waals surface area contributed by atoms with Crippen LogP contribution in [0.3, 0.4) is 0 Å². The van der Waals surface area contributed by atoms with Crippen LogP contribution in [0.1, 0.15) is 13.8 Å². The van der Waals surface area contributed by atoms with Gasteiger partial charge in [-0.05, 0) is 0 Å². The number of imidazole rings is 1. The monoisotopic (exact) mass is 234 g/mol. The third-order valence-corrected chi connectivity index (χ3v) is 1.91. The van der Waals surface area contributed by atoms with Gasteiger partial charge in [0.15, 0.2) is 11.1 Å². The normalized spacial score (nSPS) is 11.8. The molecule has 0 radical (unpaired) electrons. The summed E-state index contributed by atoms with van der Waals surface area (Å²) in [6.45, 7) is 2.67. The van der Waals surface area contributed by atoms with Crippen molar-refractivity contribution in [3.63, 3.8) is 0 Å². The molecule has 2 amide bonds. The van der Waals surface area contributed by atoms with Crippen LogP contribution in [0.2, 0.25) is 0 Å². The minimum absolute atomic E-state index is 0.259. The molecule has 0 atom stereocenters. The largest absolute Gasteiger partial charge is 0.340 e. The van der Waals surface area contributed by atoms with Crippen LogP contribution in [0.5, 0.6) is 0 Å². The van der Waals surface area contributed by atoms with Crippen LogP contribution >= 0.6 is 0 Å². The Bertz CT molecular complexity index is 653. The maximum Gasteiger partial charge on any atom is 0.244 e. The van der Waals surface area contributed by atoms with E-state index in [0.29, 0.717) is 11.2 Å². The van der Waals surface area contributed by atoms with Crippen molar-refractivity contribution in [3.8, 4) is 0 Å². The van der Waals surface area contributed by atoms with E-state index >= 15 is 0 Å². The number of carbonyl (C=O) groups excluding carboxylic acids is 2. The summed E-state index contributed by atoms with van der Waals surface area (Å²) in [5, 5.41) is 0. The van der Waals surface area contributed by atoms with Crippen molar-refractivity contribution in [2.75, 3.05) is 5.43 Å². The van der Waals surface area contributed by atoms with Gasteiger partial charge in [-0.2, -0.15) is 4.99 Å². The van der Waals surface area contributed by atoms with Gasteiger partial charge in [-0.3, -0.25) is 15.0 Å². The Labute approximate surface area is 95.4 Å². The molecule has 2 aromatic rings. The van der Waals surface area contributed by atoms with E-state index < -0.39 is 0 Å². The molecule has 0 aliphatic heterocycles. The predicted octanol–water partition coefficient (Wildman–Crippen LogP) is -0.703. The molecule has 0 fully saturated rings. The summed E-state index contributed by atoms with van der Waals surface area (Å²) < 4.78 is 1.27. The number of hydrogen-bond donors (Lipinski definition) is 2. The van der Waals surface area contributed by atoms with Crippen molar-refractivity contribution < 1.29 is 9.59 Å². The average Bonchev–Trinajstić information content (AvgIpc) is 2.68. The number of aromatic nitrogens is 4. The van der Waals surface area contributed by atoms with Gasteiger partial charge >= 0.3 is 0 Å². The number of hydrogen-bond acceptors (Lipinski definition) is 4. The lowest BCUT2D eigenvalue weighted by molar-refractivity contribution is -0.116. The van der Waals surface area contributed by atoms with Crippen LogP contribution in [0.15, 0.2) is 17.6 Å². The Morgan fingerprint density at radius 2 is 2.18 bits per heavy atom. The molecule has 2 aromatic heterocycles. The summed E-state index contributed by atoms with van der Waals surface area (Å²) in [6.07, 6.45) is 2.78. The molecule has 0 saturated carbocycles. The quantitative estimate of drug-likeness (QED) is 0.680. The highest BCUT2D eigenvalue weighted by molar-refractivity contribution is 5.81. The van der Waals surface area contributed by atoms with Crippen LogP contribution in [-0.4, -0.2) is 31.4 Å². The van der Waals surface area contributed by atoms with Gasteiger partial charge in [-0.1, -0.05) is 0 Å². The maximum absolute atomic E-state index is 11.1. The Morgan fingerprint density at radius 1 is 1.41 bits per heavy atom. The van der Waals surface area contributed by atoms with Crippen LogP contribution in [-0.2, 0) is 9.59 Å². The molecule has 2 rings (SSSR count). The summed E-state index contributed by atoms with van der Waals surface area (Å²) in [6, 6.07) is 0. The van der Waals surface area contributed by atoms with E-state index in [4.69, 9.17) is 0 Å². The second-order valence-corrected chi connectivity index (χ2v) is 3.34. The highest BCUT2D eigenvalue weighted by Crippen LogP contribution is 1.97. The molecule has 0 saturated heterocycles. The lowest BCUT2D eigenvalue weighted by atomic mass is 10.5. The summed E-state index contributed by atoms with van der Waals surface area (Å²) in [5.41, 5.74) is 3.65. The molecule has 0 spiro atoms. The van der Waals surface area contributed by atoms with Crippen molar-refractivity contribution >= 4 is 23.0 Å². The first-order valence-electron chi connectivity index (χ1n) is 4.81. The van der Waals surface area contributed by atoms with E-state index in [1.165, 1.54) is 31.2 Å². The average molecular weight is 234 g/mol. The zero-order valence-electron chi connectivity index (χ0n) is 9.26. The highest BCUT2D eigenvalue weighted by Gasteiger charge is 2.06. The number of nitrogens with one attached hydrogen (secondary N) is 2. The van der Waals surface area contributed by atoms with Gasteiger partial charge in [0, 0.05) is 13.8 Å². The number of H-pyrrole nitrogens is 1. The van der Waals surface area contributed by atoms with Crippen molar-refractivity contribution in [1.82, 2.24) is 19.6 Å². The van der Waals surface area contributed by atoms with Crippen LogP contribution in [0, 0.1) is 0 Å². The number of carbonyl (C=O) groups is 2. The molecule has 8 heteroatoms. The first-order chi connectivity index (χ1) is 8.08. The summed E-state index contributed by atoms with van der Waals surface area (Å²) in [4.78, 5) is 36.6. The minimum atomic E-state index is -0.383. The van der Waals surface area contributed by atoms with Crippen LogP contribution in [0.4, 0.5) is 0 Å². The Kier molecular flexibility index (Phi) is 2.69. The number of aromatic amines is 1. The second-order valence-electron chi connectivity index (χ2n) is 3.34. The molecule has 0 aliphatic carbocycles. The standard InChI is InChI=1S/C9H10N6O2/c1-5(16)13-9-7-8(11-3-10-7)12-4-15(9)14-6(2)17/h3-4H,1-2H3,(H,10,11)(H,14,17). The first kappa shape index (κ1) is 11.0. The van der Waals surface area contributed by atoms with Gasteiger partial charge in [0.1, 0.15) is 11.8 Å². The molecule has 2 N–H and O–H groups in total. The van der Waals surface area contributed by atoms with Crippen molar-refractivity contribution in [2.24, 2.45) is 4.99 Å². The van der Waals surface area contributed by atoms with Crippen molar-refractivity contribution in [3.05, 3.63) is 18.1 Å². The van der Waals surface area contributed by atoms with E-state index in [1.807, 2.05) is 0 Å². The second kappa shape index (κ2) is 4.16. The van der Waals surface area contributed by atoms with E-state index in [-0.39, 0.29) is 17.3 Å². The van der Waals surface area contributed by atoms with Crippen LogP contribution in [0.25, 0.3) is 11.2 Å². The Balaban J connectivity index is 2.74. The molecule has 88 valence electrons. The maximum atomic E-state index is 11.1. The SMILES string of the molecule is CC(=O)N=c1c2[nH]cnc2ncn1NC(C)=O. The summed E-state index contributed by atoms with van der Waals surface area (Å²) >= 11 is 0. The topological polar surface area (TPSA) is 105 Å². The summed E-state index contributed by atoms with van der Waals surface area (Å²) in [7, 11) is 0. The molecule has 0 unspecified atom stereocenters. The molecule has 0 bridgehead atoms. The van der Waals surface area contributed by atoms with E-state index in [2.05, 4.69) is 25.4 Å². The van der Waals surface area contributed by atoms with Gasteiger partial charge in [0.25, 0.3) is 0 Å². The number of fused-ring (bicyclic) bond motifs is 1. The van der Waals surface area contributed by atoms with E-state index in [9.17, 15) is 9.59 Å². The Morgan fingerprint density at radius 3 is 2.82 bits per heavy atom. The molecule has 0 aromatic carbocycles. The van der Waals surface area contributed by atoms with Gasteiger partial charge in [-0.15, -0.1) is 0 Å². The molecule has 17 heavy (non-hydrogen) atoms. The van der Waals surface area contributed by atoms with E-state index in [0.717, 1.165) is 0 Å². The fraction of sp³-hybridized carbons (Fsp3) is 0.222. The molecule has 2 heterocycles. The zero-order chi connectivity index (χ0) is 12.4. The lowest BCUT2D eigenvalue weighted by Crippen LogP contribution is -2.33. The van der Waals surface area contributed by atoms with Crippen LogP contribution < -0.4 is 10.9 Å². The fourth-order valence-corrected chi connectivity index (χ4v) is 1.35. The highest BCUT2D eigenvalue weighted by atomic mass is 16.2. The van der Waals surface area contributed by atoms with E-state index in [1.54, 1.807) is 0 Å². The first-order valence-corrected chi connectivity index (χ1v) is 4.81. The fourth-order valence-electron chi connectivity index (χ4n) is 1.35. The van der Waals surface area contributed by atoms with Gasteiger partial charge in [0.05, 0.1) is 6.33 Å². The number of nitrogens with zero attached hydrogens (tertiary/aromatic N) is 4. The molecule has 0 aliphatic rings. The van der Waals surface area contributed by atoms with Gasteiger partial charge in [-0.25, -0.2) is 14.6 Å². The predicted molar refractivity (Wildman–Crippen MR) is 58.2 cm³/mol. The Hall–Kier alpha value is -2.51. The number of amides is 2. The molecule has 8 nitrogen and oxygen atoms in total. The lowest BCUT2D eigenvalue weighted by Gasteiger charge is -2.06. The van der Waals surface area contributed by atoms with Crippen molar-refractivity contribution in [1.29, 1.82) is 0 Å². The van der Waals surface area contributed by atoms with Gasteiger partial charge in [0.2, 0.25) is 11.8 Å². The zero-order valence-corrected chi connectivity index (χ0v) is 9.26. The third kappa shape index (κ3) is 2.19. The minimum Gasteiger partial charge on any atom is -0.340 e. The van der Waals surface area contributed by atoms with Gasteiger partial charge < -0.3 is 4.98 Å². The smallest absolute Gasteiger partial charge is 0.244 e. The molecular weight excluding hydrogens is 224 g/mol. The third-order valence-electron chi connectivity index (χ3n) is 1.91. The molecular formula is C9H10N6O2. The number of rotatable bonds is 1. The summed E-state index contributed by atoms with van der Waals surface area (Å²) in [5.74, 6) is -0.679. The van der Waals surface area contributed by atoms with Crippen molar-refractivity contribution in [2.45, 2.75) is 13.8 Å².